The van der Waals surface area contributed by atoms with Gasteiger partial charge in [0.15, 0.2) is 0 Å². The molecule has 0 saturated carbocycles. The number of hydrogen-bond acceptors (Lipinski definition) is 6. The quantitative estimate of drug-likeness (QED) is 0.420. The number of imide groups is 1. The standard InChI is InChI=1S/C19H14Cl2N4O6/c1-10(26)24(22-18(28)12-4-2-3-5-15(12)25(30)31)16-9-17(27)23(19(16)29)11-6-7-13(20)14(21)8-11/h2-8,16H,9H2,1H3,(H,22,28). The van der Waals surface area contributed by atoms with Gasteiger partial charge in [-0.05, 0) is 24.3 Å². The van der Waals surface area contributed by atoms with Gasteiger partial charge in [-0.15, -0.1) is 0 Å². The van der Waals surface area contributed by atoms with Gasteiger partial charge < -0.3 is 0 Å². The lowest BCUT2D eigenvalue weighted by atomic mass is 10.1. The summed E-state index contributed by atoms with van der Waals surface area (Å²) in [6.07, 6.45) is -0.407. The third-order valence-corrected chi connectivity index (χ3v) is 5.24. The van der Waals surface area contributed by atoms with Gasteiger partial charge in [0.2, 0.25) is 11.8 Å². The Morgan fingerprint density at radius 1 is 1.16 bits per heavy atom. The summed E-state index contributed by atoms with van der Waals surface area (Å²) < 4.78 is 0. The Morgan fingerprint density at radius 2 is 1.84 bits per heavy atom. The molecule has 4 amide bonds. The number of amides is 4. The average Bonchev–Trinajstić information content (AvgIpc) is 3.01. The summed E-state index contributed by atoms with van der Waals surface area (Å²) in [6, 6.07) is 7.93. The van der Waals surface area contributed by atoms with Crippen LogP contribution in [-0.2, 0) is 14.4 Å². The van der Waals surface area contributed by atoms with Crippen LogP contribution in [0.2, 0.25) is 10.0 Å². The molecule has 0 aromatic heterocycles. The summed E-state index contributed by atoms with van der Waals surface area (Å²) in [4.78, 5) is 61.5. The fraction of sp³-hybridized carbons (Fsp3) is 0.158. The van der Waals surface area contributed by atoms with Crippen molar-refractivity contribution in [1.82, 2.24) is 10.4 Å². The van der Waals surface area contributed by atoms with Crippen LogP contribution in [0.15, 0.2) is 42.5 Å². The molecule has 10 nitrogen and oxygen atoms in total. The molecule has 1 saturated heterocycles. The Labute approximate surface area is 185 Å². The summed E-state index contributed by atoms with van der Waals surface area (Å²) >= 11 is 11.8. The van der Waals surface area contributed by atoms with Crippen LogP contribution in [0, 0.1) is 10.1 Å². The third kappa shape index (κ3) is 4.35. The number of para-hydroxylation sites is 1. The van der Waals surface area contributed by atoms with Crippen LogP contribution in [0.5, 0.6) is 0 Å². The van der Waals surface area contributed by atoms with Crippen LogP contribution >= 0.6 is 23.2 Å². The van der Waals surface area contributed by atoms with E-state index in [1.54, 1.807) is 0 Å². The van der Waals surface area contributed by atoms with E-state index in [2.05, 4.69) is 5.43 Å². The SMILES string of the molecule is CC(=O)N(NC(=O)c1ccccc1[N+](=O)[O-])C1CC(=O)N(c2ccc(Cl)c(Cl)c2)C1=O. The Hall–Kier alpha value is -3.50. The molecule has 1 fully saturated rings. The molecule has 31 heavy (non-hydrogen) atoms. The van der Waals surface area contributed by atoms with Crippen molar-refractivity contribution in [3.05, 3.63) is 68.2 Å². The molecule has 12 heteroatoms. The molecule has 0 spiro atoms. The first kappa shape index (κ1) is 22.2. The van der Waals surface area contributed by atoms with E-state index in [4.69, 9.17) is 23.2 Å². The predicted molar refractivity (Wildman–Crippen MR) is 110 cm³/mol. The van der Waals surface area contributed by atoms with Gasteiger partial charge in [-0.1, -0.05) is 35.3 Å². The van der Waals surface area contributed by atoms with Crippen molar-refractivity contribution in [2.45, 2.75) is 19.4 Å². The van der Waals surface area contributed by atoms with Gasteiger partial charge in [0.05, 0.1) is 27.1 Å². The molecular weight excluding hydrogens is 451 g/mol. The molecule has 0 aliphatic carbocycles. The third-order valence-electron chi connectivity index (χ3n) is 4.50. The van der Waals surface area contributed by atoms with Gasteiger partial charge in [0.1, 0.15) is 11.6 Å². The lowest BCUT2D eigenvalue weighted by Crippen LogP contribution is -2.54. The molecule has 1 aliphatic heterocycles. The van der Waals surface area contributed by atoms with Crippen LogP contribution in [0.4, 0.5) is 11.4 Å². The molecule has 2 aromatic carbocycles. The number of hydrogen-bond donors (Lipinski definition) is 1. The summed E-state index contributed by atoms with van der Waals surface area (Å²) in [7, 11) is 0. The van der Waals surface area contributed by atoms with Gasteiger partial charge in [-0.2, -0.15) is 0 Å². The highest BCUT2D eigenvalue weighted by atomic mass is 35.5. The zero-order valence-electron chi connectivity index (χ0n) is 15.9. The lowest BCUT2D eigenvalue weighted by molar-refractivity contribution is -0.385. The number of hydrazine groups is 1. The minimum Gasteiger partial charge on any atom is -0.274 e. The summed E-state index contributed by atoms with van der Waals surface area (Å²) in [5.74, 6) is -3.12. The first-order chi connectivity index (χ1) is 14.6. The fourth-order valence-corrected chi connectivity index (χ4v) is 3.38. The second-order valence-electron chi connectivity index (χ2n) is 6.49. The van der Waals surface area contributed by atoms with Crippen molar-refractivity contribution in [3.63, 3.8) is 0 Å². The number of halogens is 2. The van der Waals surface area contributed by atoms with E-state index in [-0.39, 0.29) is 21.3 Å². The van der Waals surface area contributed by atoms with Gasteiger partial charge in [0.25, 0.3) is 17.5 Å². The fourth-order valence-electron chi connectivity index (χ4n) is 3.08. The Kier molecular flexibility index (Phi) is 6.23. The van der Waals surface area contributed by atoms with Crippen molar-refractivity contribution in [2.75, 3.05) is 4.90 Å². The first-order valence-electron chi connectivity index (χ1n) is 8.78. The Balaban J connectivity index is 1.88. The van der Waals surface area contributed by atoms with Crippen molar-refractivity contribution in [3.8, 4) is 0 Å². The second kappa shape index (κ2) is 8.70. The number of rotatable bonds is 4. The number of benzene rings is 2. The van der Waals surface area contributed by atoms with Crippen LogP contribution in [-0.4, -0.2) is 39.6 Å². The van der Waals surface area contributed by atoms with E-state index < -0.39 is 46.7 Å². The zero-order chi connectivity index (χ0) is 22.9. The highest BCUT2D eigenvalue weighted by molar-refractivity contribution is 6.42. The minimum atomic E-state index is -1.34. The molecule has 1 aliphatic rings. The highest BCUT2D eigenvalue weighted by Gasteiger charge is 2.45. The largest absolute Gasteiger partial charge is 0.282 e. The van der Waals surface area contributed by atoms with Crippen molar-refractivity contribution < 1.29 is 24.1 Å². The van der Waals surface area contributed by atoms with E-state index in [1.807, 2.05) is 0 Å². The maximum absolute atomic E-state index is 12.9. The first-order valence-corrected chi connectivity index (χ1v) is 9.53. The topological polar surface area (TPSA) is 130 Å². The maximum atomic E-state index is 12.9. The van der Waals surface area contributed by atoms with E-state index in [0.29, 0.717) is 5.01 Å². The Bertz CT molecular complexity index is 1120. The normalized spacial score (nSPS) is 15.7. The molecule has 1 unspecified atom stereocenters. The highest BCUT2D eigenvalue weighted by Crippen LogP contribution is 2.31. The monoisotopic (exact) mass is 464 g/mol. The molecular formula is C19H14Cl2N4O6. The molecule has 3 rings (SSSR count). The number of nitro groups is 1. The number of carbonyl (C=O) groups excluding carboxylic acids is 4. The maximum Gasteiger partial charge on any atom is 0.282 e. The van der Waals surface area contributed by atoms with Crippen LogP contribution in [0.25, 0.3) is 0 Å². The van der Waals surface area contributed by atoms with E-state index in [9.17, 15) is 29.3 Å². The number of nitrogens with zero attached hydrogens (tertiary/aromatic N) is 3. The zero-order valence-corrected chi connectivity index (χ0v) is 17.4. The van der Waals surface area contributed by atoms with Crippen LogP contribution < -0.4 is 10.3 Å². The number of nitro benzene ring substituents is 1. The van der Waals surface area contributed by atoms with Gasteiger partial charge in [-0.25, -0.2) is 9.91 Å². The molecule has 160 valence electrons. The number of nitrogens with one attached hydrogen (secondary N) is 1. The second-order valence-corrected chi connectivity index (χ2v) is 7.30. The van der Waals surface area contributed by atoms with Crippen molar-refractivity contribution >= 4 is 58.2 Å². The lowest BCUT2D eigenvalue weighted by Gasteiger charge is -2.26. The average molecular weight is 465 g/mol. The van der Waals surface area contributed by atoms with Crippen molar-refractivity contribution in [1.29, 1.82) is 0 Å². The van der Waals surface area contributed by atoms with Gasteiger partial charge in [-0.3, -0.25) is 34.7 Å². The molecule has 0 radical (unpaired) electrons. The van der Waals surface area contributed by atoms with E-state index in [1.165, 1.54) is 36.4 Å². The summed E-state index contributed by atoms with van der Waals surface area (Å²) in [6.45, 7) is 1.08. The smallest absolute Gasteiger partial charge is 0.274 e. The molecule has 1 atom stereocenters. The van der Waals surface area contributed by atoms with Crippen molar-refractivity contribution in [2.24, 2.45) is 0 Å². The van der Waals surface area contributed by atoms with Gasteiger partial charge in [0, 0.05) is 13.0 Å². The molecule has 1 heterocycles. The molecule has 1 N–H and O–H groups in total. The number of anilines is 1. The molecule has 0 bridgehead atoms. The van der Waals surface area contributed by atoms with E-state index in [0.717, 1.165) is 17.9 Å². The summed E-state index contributed by atoms with van der Waals surface area (Å²) in [5, 5.41) is 12.2. The predicted octanol–water partition coefficient (Wildman–Crippen LogP) is 2.73. The Morgan fingerprint density at radius 3 is 2.45 bits per heavy atom. The molecule has 2 aromatic rings. The van der Waals surface area contributed by atoms with Gasteiger partial charge >= 0.3 is 0 Å². The summed E-state index contributed by atoms with van der Waals surface area (Å²) in [5.41, 5.74) is 1.57. The minimum absolute atomic E-state index is 0.122. The number of carbonyl (C=O) groups is 4. The van der Waals surface area contributed by atoms with E-state index >= 15 is 0 Å². The van der Waals surface area contributed by atoms with Crippen LogP contribution in [0.1, 0.15) is 23.7 Å². The van der Waals surface area contributed by atoms with Crippen LogP contribution in [0.3, 0.4) is 0 Å².